The Morgan fingerprint density at radius 2 is 1.10 bits per heavy atom. The molecule has 3 N–H and O–H groups in total. The fourth-order valence-electron chi connectivity index (χ4n) is 4.61. The van der Waals surface area contributed by atoms with Gasteiger partial charge in [-0.1, -0.05) is 24.3 Å². The molecule has 0 spiro atoms. The van der Waals surface area contributed by atoms with Crippen LogP contribution in [0.3, 0.4) is 0 Å². The third kappa shape index (κ3) is 19.7. The Hall–Kier alpha value is -3.80. The molecule has 0 radical (unpaired) electrons. The van der Waals surface area contributed by atoms with Crippen LogP contribution in [-0.4, -0.2) is 139 Å². The first-order valence-electron chi connectivity index (χ1n) is 17.7. The summed E-state index contributed by atoms with van der Waals surface area (Å²) in [5.41, 5.74) is 1.50. The van der Waals surface area contributed by atoms with Gasteiger partial charge in [-0.3, -0.25) is 14.4 Å². The number of aryl methyl sites for hydroxylation is 1. The molecule has 0 aliphatic rings. The molecule has 0 atom stereocenters. The van der Waals surface area contributed by atoms with E-state index >= 15 is 0 Å². The first-order valence-corrected chi connectivity index (χ1v) is 17.7. The summed E-state index contributed by atoms with van der Waals surface area (Å²) in [6.45, 7) is 7.06. The van der Waals surface area contributed by atoms with Crippen LogP contribution in [0.15, 0.2) is 53.3 Å². The van der Waals surface area contributed by atoms with Crippen LogP contribution in [0.1, 0.15) is 35.3 Å². The zero-order chi connectivity index (χ0) is 36.9. The predicted octanol–water partition coefficient (Wildman–Crippen LogP) is 2.47. The van der Waals surface area contributed by atoms with E-state index in [-0.39, 0.29) is 30.4 Å². The molecule has 0 fully saturated rings. The normalized spacial score (nSPS) is 11.3. The highest BCUT2D eigenvalue weighted by atomic mass is 16.6. The molecule has 0 aliphatic carbocycles. The number of nitrogens with one attached hydrogen (secondary N) is 2. The minimum absolute atomic E-state index is 0.181. The number of amides is 1. The van der Waals surface area contributed by atoms with Gasteiger partial charge in [0, 0.05) is 19.4 Å². The van der Waals surface area contributed by atoms with Crippen molar-refractivity contribution in [2.45, 2.75) is 25.7 Å². The van der Waals surface area contributed by atoms with E-state index in [4.69, 9.17) is 37.9 Å². The molecule has 0 bridgehead atoms. The number of Topliss-reactive ketones (excluding diaryl/α,β-unsaturated/α-hetero) is 1. The lowest BCUT2D eigenvalue weighted by atomic mass is 10.1. The number of benzene rings is 2. The number of ether oxygens (including phenoxy) is 8. The van der Waals surface area contributed by atoms with Crippen LogP contribution in [0.25, 0.3) is 11.0 Å². The number of aromatic nitrogens is 2. The topological polar surface area (TPSA) is 186 Å². The molecular weight excluding hydrogens is 678 g/mol. The van der Waals surface area contributed by atoms with Gasteiger partial charge in [-0.15, -0.1) is 0 Å². The molecule has 15 heteroatoms. The van der Waals surface area contributed by atoms with Crippen molar-refractivity contribution < 1.29 is 52.6 Å². The second kappa shape index (κ2) is 27.8. The van der Waals surface area contributed by atoms with E-state index in [9.17, 15) is 19.5 Å². The Kier molecular flexibility index (Phi) is 22.8. The molecule has 3 aromatic rings. The van der Waals surface area contributed by atoms with Gasteiger partial charge in [0.1, 0.15) is 11.5 Å². The number of para-hydroxylation sites is 2. The number of H-pyrrole nitrogens is 1. The van der Waals surface area contributed by atoms with Crippen molar-refractivity contribution >= 4 is 22.7 Å². The number of hydrogen-bond donors (Lipinski definition) is 3. The van der Waals surface area contributed by atoms with Crippen molar-refractivity contribution in [1.29, 1.82) is 0 Å². The molecular formula is C37H53N3O12. The molecule has 0 aliphatic heterocycles. The average molecular weight is 732 g/mol. The summed E-state index contributed by atoms with van der Waals surface area (Å²) in [5, 5.41) is 11.9. The van der Waals surface area contributed by atoms with Crippen LogP contribution >= 0.6 is 0 Å². The lowest BCUT2D eigenvalue weighted by molar-refractivity contribution is -0.120. The van der Waals surface area contributed by atoms with Gasteiger partial charge in [-0.25, -0.2) is 4.98 Å². The van der Waals surface area contributed by atoms with E-state index < -0.39 is 11.5 Å². The van der Waals surface area contributed by atoms with E-state index in [2.05, 4.69) is 15.3 Å². The van der Waals surface area contributed by atoms with E-state index in [1.165, 1.54) is 0 Å². The largest absolute Gasteiger partial charge is 0.508 e. The highest BCUT2D eigenvalue weighted by Crippen LogP contribution is 2.12. The summed E-state index contributed by atoms with van der Waals surface area (Å²) in [4.78, 5) is 43.1. The highest BCUT2D eigenvalue weighted by molar-refractivity contribution is 5.93. The number of fused-ring (bicyclic) bond motifs is 1. The van der Waals surface area contributed by atoms with E-state index in [1.54, 1.807) is 36.4 Å². The van der Waals surface area contributed by atoms with Gasteiger partial charge in [0.25, 0.3) is 11.5 Å². The van der Waals surface area contributed by atoms with Crippen LogP contribution in [-0.2, 0) is 49.1 Å². The third-order valence-corrected chi connectivity index (χ3v) is 7.33. The predicted molar refractivity (Wildman–Crippen MR) is 192 cm³/mol. The van der Waals surface area contributed by atoms with Crippen LogP contribution in [0.5, 0.6) is 5.75 Å². The van der Waals surface area contributed by atoms with Crippen molar-refractivity contribution in [2.75, 3.05) is 112 Å². The third-order valence-electron chi connectivity index (χ3n) is 7.33. The summed E-state index contributed by atoms with van der Waals surface area (Å²) >= 11 is 0. The zero-order valence-electron chi connectivity index (χ0n) is 29.9. The molecule has 2 aromatic carbocycles. The van der Waals surface area contributed by atoms with Crippen molar-refractivity contribution in [3.8, 4) is 5.75 Å². The summed E-state index contributed by atoms with van der Waals surface area (Å²) in [7, 11) is 0. The molecule has 1 heterocycles. The maximum atomic E-state index is 12.3. The molecule has 52 heavy (non-hydrogen) atoms. The lowest BCUT2D eigenvalue weighted by Crippen LogP contribution is -2.33. The van der Waals surface area contributed by atoms with Gasteiger partial charge in [-0.2, -0.15) is 0 Å². The van der Waals surface area contributed by atoms with Crippen molar-refractivity contribution in [1.82, 2.24) is 15.3 Å². The SMILES string of the molecule is O=C(CCCc1ccc(O)cc1)CCOCCOCCOCCOCCOCCOCCOCCOCCNC(=O)c1nc2ccccc2[nH]c1=O. The summed E-state index contributed by atoms with van der Waals surface area (Å²) in [5.74, 6) is -0.122. The number of carbonyl (C=O) groups excluding carboxylic acids is 2. The quantitative estimate of drug-likeness (QED) is 0.0797. The van der Waals surface area contributed by atoms with Crippen LogP contribution < -0.4 is 10.9 Å². The number of ketones is 1. The highest BCUT2D eigenvalue weighted by Gasteiger charge is 2.13. The Labute approximate surface area is 304 Å². The smallest absolute Gasteiger partial charge is 0.280 e. The van der Waals surface area contributed by atoms with E-state index in [1.807, 2.05) is 12.1 Å². The lowest BCUT2D eigenvalue weighted by Gasteiger charge is -2.09. The molecule has 15 nitrogen and oxygen atoms in total. The maximum Gasteiger partial charge on any atom is 0.280 e. The summed E-state index contributed by atoms with van der Waals surface area (Å²) in [6.07, 6.45) is 2.52. The standard InChI is InChI=1S/C37H53N3O12/c41-31(5-3-4-30-8-10-32(42)11-9-30)12-14-45-16-18-47-20-22-49-24-26-51-28-29-52-27-25-50-23-21-48-19-17-46-15-13-38-36(43)35-37(44)40-34-7-2-1-6-33(34)39-35/h1-2,6-11,42H,3-5,12-29H2,(H,38,43)(H,40,44). The molecule has 1 amide bonds. The summed E-state index contributed by atoms with van der Waals surface area (Å²) < 4.78 is 43.7. The minimum Gasteiger partial charge on any atom is -0.508 e. The zero-order valence-corrected chi connectivity index (χ0v) is 29.9. The Bertz CT molecular complexity index is 1450. The number of aromatic amines is 1. The fraction of sp³-hybridized carbons (Fsp3) is 0.568. The van der Waals surface area contributed by atoms with Gasteiger partial charge < -0.3 is 53.3 Å². The number of carbonyl (C=O) groups is 2. The van der Waals surface area contributed by atoms with E-state index in [0.29, 0.717) is 123 Å². The first-order chi connectivity index (χ1) is 25.5. The van der Waals surface area contributed by atoms with Gasteiger partial charge in [0.2, 0.25) is 0 Å². The van der Waals surface area contributed by atoms with Gasteiger partial charge in [0.05, 0.1) is 117 Å². The van der Waals surface area contributed by atoms with Crippen LogP contribution in [0, 0.1) is 0 Å². The number of nitrogens with zero attached hydrogens (tertiary/aromatic N) is 1. The van der Waals surface area contributed by atoms with Gasteiger partial charge >= 0.3 is 0 Å². The molecule has 0 unspecified atom stereocenters. The van der Waals surface area contributed by atoms with Crippen molar-refractivity contribution in [3.63, 3.8) is 0 Å². The van der Waals surface area contributed by atoms with Crippen molar-refractivity contribution in [3.05, 3.63) is 70.1 Å². The monoisotopic (exact) mass is 731 g/mol. The number of phenols is 1. The van der Waals surface area contributed by atoms with Gasteiger partial charge in [-0.05, 0) is 42.7 Å². The number of phenolic OH excluding ortho intramolecular Hbond substituents is 1. The van der Waals surface area contributed by atoms with Crippen LogP contribution in [0.4, 0.5) is 0 Å². The Morgan fingerprint density at radius 3 is 1.63 bits per heavy atom. The van der Waals surface area contributed by atoms with Gasteiger partial charge in [0.15, 0.2) is 5.69 Å². The average Bonchev–Trinajstić information content (AvgIpc) is 3.15. The minimum atomic E-state index is -0.554. The number of rotatable bonds is 32. The molecule has 3 rings (SSSR count). The molecule has 0 saturated heterocycles. The summed E-state index contributed by atoms with van der Waals surface area (Å²) in [6, 6.07) is 14.1. The fourth-order valence-corrected chi connectivity index (χ4v) is 4.61. The molecule has 1 aromatic heterocycles. The number of hydrogen-bond acceptors (Lipinski definition) is 13. The second-order valence-electron chi connectivity index (χ2n) is 11.4. The first kappa shape index (κ1) is 42.6. The Morgan fingerprint density at radius 1 is 0.615 bits per heavy atom. The maximum absolute atomic E-state index is 12.3. The molecule has 0 saturated carbocycles. The second-order valence-corrected chi connectivity index (χ2v) is 11.4. The number of aromatic hydroxyl groups is 1. The van der Waals surface area contributed by atoms with Crippen LogP contribution in [0.2, 0.25) is 0 Å². The van der Waals surface area contributed by atoms with Crippen molar-refractivity contribution in [2.24, 2.45) is 0 Å². The van der Waals surface area contributed by atoms with E-state index in [0.717, 1.165) is 18.4 Å². The Balaban J connectivity index is 0.957. The molecule has 288 valence electrons.